The van der Waals surface area contributed by atoms with Crippen molar-refractivity contribution in [2.45, 2.75) is 19.0 Å². The van der Waals surface area contributed by atoms with Crippen molar-refractivity contribution in [2.75, 3.05) is 26.8 Å². The number of amides is 1. The molecule has 1 unspecified atom stereocenters. The Labute approximate surface area is 140 Å². The summed E-state index contributed by atoms with van der Waals surface area (Å²) in [5.41, 5.74) is 2.03. The third kappa shape index (κ3) is 3.63. The van der Waals surface area contributed by atoms with Gasteiger partial charge in [0, 0.05) is 45.2 Å². The van der Waals surface area contributed by atoms with Gasteiger partial charge in [0.1, 0.15) is 0 Å². The lowest BCUT2D eigenvalue weighted by atomic mass is 9.97. The molecule has 0 saturated carbocycles. The van der Waals surface area contributed by atoms with E-state index in [0.717, 1.165) is 24.5 Å². The SMILES string of the molecule is COCCNC(=O)C1CN(Cc2cccs2)Cc2ncn(C)c21. The number of methoxy groups -OCH3 is 1. The zero-order valence-electron chi connectivity index (χ0n) is 13.5. The highest BCUT2D eigenvalue weighted by Crippen LogP contribution is 2.29. The zero-order valence-corrected chi connectivity index (χ0v) is 14.3. The first-order chi connectivity index (χ1) is 11.2. The molecule has 2 aromatic heterocycles. The summed E-state index contributed by atoms with van der Waals surface area (Å²) in [4.78, 5) is 20.7. The Bertz CT molecular complexity index is 653. The average Bonchev–Trinajstić information content (AvgIpc) is 3.17. The Morgan fingerprint density at radius 3 is 3.17 bits per heavy atom. The molecule has 1 N–H and O–H groups in total. The third-order valence-corrected chi connectivity index (χ3v) is 4.95. The van der Waals surface area contributed by atoms with Crippen LogP contribution in [0.25, 0.3) is 0 Å². The molecule has 0 saturated heterocycles. The molecule has 1 atom stereocenters. The van der Waals surface area contributed by atoms with E-state index in [9.17, 15) is 4.79 Å². The van der Waals surface area contributed by atoms with Gasteiger partial charge in [-0.3, -0.25) is 9.69 Å². The Morgan fingerprint density at radius 2 is 2.43 bits per heavy atom. The molecule has 1 amide bonds. The maximum atomic E-state index is 12.6. The summed E-state index contributed by atoms with van der Waals surface area (Å²) in [5, 5.41) is 5.05. The number of thiophene rings is 1. The molecule has 0 bridgehead atoms. The van der Waals surface area contributed by atoms with Crippen LogP contribution in [0, 0.1) is 0 Å². The van der Waals surface area contributed by atoms with Crippen LogP contribution < -0.4 is 5.32 Å². The third-order valence-electron chi connectivity index (χ3n) is 4.09. The molecule has 0 fully saturated rings. The molecule has 3 heterocycles. The van der Waals surface area contributed by atoms with E-state index in [1.807, 2.05) is 11.6 Å². The van der Waals surface area contributed by atoms with E-state index in [4.69, 9.17) is 4.74 Å². The number of hydrogen-bond donors (Lipinski definition) is 1. The molecule has 0 aliphatic carbocycles. The van der Waals surface area contributed by atoms with Crippen LogP contribution in [-0.2, 0) is 29.7 Å². The Morgan fingerprint density at radius 1 is 1.57 bits per heavy atom. The second kappa shape index (κ2) is 7.25. The number of rotatable bonds is 6. The molecule has 1 aliphatic rings. The first-order valence-corrected chi connectivity index (χ1v) is 8.58. The smallest absolute Gasteiger partial charge is 0.230 e. The topological polar surface area (TPSA) is 59.4 Å². The molecule has 124 valence electrons. The molecule has 1 aliphatic heterocycles. The molecule has 0 aromatic carbocycles. The minimum absolute atomic E-state index is 0.0442. The molecule has 3 rings (SSSR count). The summed E-state index contributed by atoms with van der Waals surface area (Å²) in [7, 11) is 3.59. The van der Waals surface area contributed by atoms with Crippen molar-refractivity contribution >= 4 is 17.2 Å². The highest BCUT2D eigenvalue weighted by Gasteiger charge is 2.33. The summed E-state index contributed by atoms with van der Waals surface area (Å²) in [5.74, 6) is -0.147. The van der Waals surface area contributed by atoms with E-state index in [0.29, 0.717) is 19.7 Å². The van der Waals surface area contributed by atoms with Crippen LogP contribution in [0.3, 0.4) is 0 Å². The fraction of sp³-hybridized carbons (Fsp3) is 0.500. The first kappa shape index (κ1) is 16.2. The van der Waals surface area contributed by atoms with Crippen LogP contribution in [0.5, 0.6) is 0 Å². The van der Waals surface area contributed by atoms with Crippen LogP contribution in [-0.4, -0.2) is 47.2 Å². The fourth-order valence-corrected chi connectivity index (χ4v) is 3.77. The summed E-state index contributed by atoms with van der Waals surface area (Å²) in [6.45, 7) is 3.41. The predicted molar refractivity (Wildman–Crippen MR) is 89.3 cm³/mol. The number of aromatic nitrogens is 2. The average molecular weight is 334 g/mol. The van der Waals surface area contributed by atoms with Gasteiger partial charge in [-0.05, 0) is 11.4 Å². The lowest BCUT2D eigenvalue weighted by molar-refractivity contribution is -0.123. The van der Waals surface area contributed by atoms with Gasteiger partial charge < -0.3 is 14.6 Å². The van der Waals surface area contributed by atoms with Crippen LogP contribution in [0.15, 0.2) is 23.8 Å². The van der Waals surface area contributed by atoms with Gasteiger partial charge in [0.15, 0.2) is 0 Å². The molecule has 6 nitrogen and oxygen atoms in total. The van der Waals surface area contributed by atoms with E-state index >= 15 is 0 Å². The Kier molecular flexibility index (Phi) is 5.09. The number of carbonyl (C=O) groups is 1. The molecule has 23 heavy (non-hydrogen) atoms. The largest absolute Gasteiger partial charge is 0.383 e. The van der Waals surface area contributed by atoms with Gasteiger partial charge in [0.05, 0.1) is 30.2 Å². The number of hydrogen-bond acceptors (Lipinski definition) is 5. The number of carbonyl (C=O) groups excluding carboxylic acids is 1. The van der Waals surface area contributed by atoms with Crippen molar-refractivity contribution < 1.29 is 9.53 Å². The molecular weight excluding hydrogens is 312 g/mol. The zero-order chi connectivity index (χ0) is 16.2. The van der Waals surface area contributed by atoms with Crippen molar-refractivity contribution in [1.82, 2.24) is 19.8 Å². The van der Waals surface area contributed by atoms with Gasteiger partial charge in [-0.1, -0.05) is 6.07 Å². The highest BCUT2D eigenvalue weighted by atomic mass is 32.1. The van der Waals surface area contributed by atoms with Crippen molar-refractivity contribution in [2.24, 2.45) is 7.05 Å². The molecule has 0 spiro atoms. The van der Waals surface area contributed by atoms with Gasteiger partial charge in [-0.25, -0.2) is 4.98 Å². The predicted octanol–water partition coefficient (Wildman–Crippen LogP) is 1.34. The monoisotopic (exact) mass is 334 g/mol. The highest BCUT2D eigenvalue weighted by molar-refractivity contribution is 7.09. The molecule has 0 radical (unpaired) electrons. The maximum Gasteiger partial charge on any atom is 0.230 e. The molecule has 7 heteroatoms. The van der Waals surface area contributed by atoms with Gasteiger partial charge in [0.25, 0.3) is 0 Å². The van der Waals surface area contributed by atoms with Gasteiger partial charge >= 0.3 is 0 Å². The number of nitrogens with zero attached hydrogens (tertiary/aromatic N) is 3. The van der Waals surface area contributed by atoms with Crippen molar-refractivity contribution in [3.63, 3.8) is 0 Å². The number of fused-ring (bicyclic) bond motifs is 1. The maximum absolute atomic E-state index is 12.6. The summed E-state index contributed by atoms with van der Waals surface area (Å²) in [6, 6.07) is 4.19. The quantitative estimate of drug-likeness (QED) is 0.810. The lowest BCUT2D eigenvalue weighted by Crippen LogP contribution is -2.42. The van der Waals surface area contributed by atoms with Crippen LogP contribution in [0.4, 0.5) is 0 Å². The van der Waals surface area contributed by atoms with Gasteiger partial charge in [-0.2, -0.15) is 0 Å². The summed E-state index contributed by atoms with van der Waals surface area (Å²) in [6.07, 6.45) is 1.80. The molecular formula is C16H22N4O2S. The van der Waals surface area contributed by atoms with E-state index < -0.39 is 0 Å². The number of ether oxygens (including phenoxy) is 1. The second-order valence-corrected chi connectivity index (χ2v) is 6.81. The van der Waals surface area contributed by atoms with E-state index in [1.165, 1.54) is 4.88 Å². The standard InChI is InChI=1S/C16H22N4O2S/c1-19-11-18-14-10-20(8-12-4-3-7-23-12)9-13(15(14)19)16(21)17-5-6-22-2/h3-4,7,11,13H,5-6,8-10H2,1-2H3,(H,17,21). The van der Waals surface area contributed by atoms with Crippen LogP contribution in [0.1, 0.15) is 22.2 Å². The van der Waals surface area contributed by atoms with Crippen molar-refractivity contribution in [1.29, 1.82) is 0 Å². The van der Waals surface area contributed by atoms with E-state index in [1.54, 1.807) is 24.8 Å². The number of nitrogens with one attached hydrogen (secondary N) is 1. The lowest BCUT2D eigenvalue weighted by Gasteiger charge is -2.31. The fourth-order valence-electron chi connectivity index (χ4n) is 3.03. The Hall–Kier alpha value is -1.70. The minimum Gasteiger partial charge on any atom is -0.383 e. The number of imidazole rings is 1. The molecule has 2 aromatic rings. The van der Waals surface area contributed by atoms with E-state index in [2.05, 4.69) is 32.7 Å². The second-order valence-electron chi connectivity index (χ2n) is 5.77. The summed E-state index contributed by atoms with van der Waals surface area (Å²) < 4.78 is 6.98. The first-order valence-electron chi connectivity index (χ1n) is 7.70. The van der Waals surface area contributed by atoms with Crippen LogP contribution >= 0.6 is 11.3 Å². The van der Waals surface area contributed by atoms with Crippen LogP contribution in [0.2, 0.25) is 0 Å². The Balaban J connectivity index is 1.76. The minimum atomic E-state index is -0.192. The van der Waals surface area contributed by atoms with E-state index in [-0.39, 0.29) is 11.8 Å². The van der Waals surface area contributed by atoms with Crippen molar-refractivity contribution in [3.05, 3.63) is 40.1 Å². The normalized spacial score (nSPS) is 17.9. The van der Waals surface area contributed by atoms with Gasteiger partial charge in [0.2, 0.25) is 5.91 Å². The number of aryl methyl sites for hydroxylation is 1. The van der Waals surface area contributed by atoms with Gasteiger partial charge in [-0.15, -0.1) is 11.3 Å². The summed E-state index contributed by atoms with van der Waals surface area (Å²) >= 11 is 1.75. The van der Waals surface area contributed by atoms with Crippen molar-refractivity contribution in [3.8, 4) is 0 Å².